The third-order valence-corrected chi connectivity index (χ3v) is 5.17. The summed E-state index contributed by atoms with van der Waals surface area (Å²) in [5.41, 5.74) is 7.29. The Bertz CT molecular complexity index is 1140. The molecule has 10 heteroatoms. The molecule has 0 radical (unpaired) electrons. The number of hydrogen-bond donors (Lipinski definition) is 2. The fourth-order valence-electron chi connectivity index (χ4n) is 3.40. The van der Waals surface area contributed by atoms with Crippen molar-refractivity contribution >= 4 is 40.8 Å². The van der Waals surface area contributed by atoms with E-state index in [2.05, 4.69) is 10.4 Å². The maximum absolute atomic E-state index is 13.8. The third-order valence-electron chi connectivity index (χ3n) is 4.74. The molecule has 4 rings (SSSR count). The van der Waals surface area contributed by atoms with E-state index in [0.29, 0.717) is 45.8 Å². The zero-order chi connectivity index (χ0) is 21.4. The number of hydrogen-bond acceptors (Lipinski definition) is 3. The maximum Gasteiger partial charge on any atom is 0.315 e. The molecule has 1 aliphatic heterocycles. The molecule has 3 amide bonds. The van der Waals surface area contributed by atoms with Crippen molar-refractivity contribution in [3.63, 3.8) is 0 Å². The normalized spacial score (nSPS) is 13.1. The number of aromatic nitrogens is 2. The van der Waals surface area contributed by atoms with E-state index in [9.17, 15) is 14.0 Å². The van der Waals surface area contributed by atoms with Crippen molar-refractivity contribution in [3.05, 3.63) is 69.6 Å². The Morgan fingerprint density at radius 1 is 1.10 bits per heavy atom. The van der Waals surface area contributed by atoms with E-state index in [1.807, 2.05) is 0 Å². The minimum absolute atomic E-state index is 0.108. The summed E-state index contributed by atoms with van der Waals surface area (Å²) in [6, 6.07) is 9.87. The highest BCUT2D eigenvalue weighted by Gasteiger charge is 2.30. The first-order chi connectivity index (χ1) is 14.3. The van der Waals surface area contributed by atoms with Gasteiger partial charge in [0.1, 0.15) is 11.5 Å². The molecule has 0 fully saturated rings. The molecule has 0 spiro atoms. The second kappa shape index (κ2) is 7.97. The standard InChI is InChI=1S/C20H16Cl2FN5O2/c21-12-7-13(22)9-15(8-12)25-19(29)17-16-10-27(20(24)30)4-5-28(16)26-18(17)11-2-1-3-14(23)6-11/h1-3,6-9H,4-5,10H2,(H2,24,30)(H,25,29). The van der Waals surface area contributed by atoms with Crippen LogP contribution in [-0.4, -0.2) is 33.2 Å². The molecule has 0 unspecified atom stereocenters. The zero-order valence-electron chi connectivity index (χ0n) is 15.5. The summed E-state index contributed by atoms with van der Waals surface area (Å²) in [6.45, 7) is 0.825. The Morgan fingerprint density at radius 3 is 2.50 bits per heavy atom. The number of anilines is 1. The molecule has 0 aliphatic carbocycles. The molecule has 30 heavy (non-hydrogen) atoms. The van der Waals surface area contributed by atoms with Gasteiger partial charge in [0.25, 0.3) is 5.91 Å². The monoisotopic (exact) mass is 447 g/mol. The van der Waals surface area contributed by atoms with Gasteiger partial charge in [-0.1, -0.05) is 35.3 Å². The van der Waals surface area contributed by atoms with Gasteiger partial charge >= 0.3 is 6.03 Å². The lowest BCUT2D eigenvalue weighted by Crippen LogP contribution is -2.42. The molecule has 0 saturated heterocycles. The Kier molecular flexibility index (Phi) is 5.36. The molecule has 1 aliphatic rings. The van der Waals surface area contributed by atoms with Crippen LogP contribution in [0.25, 0.3) is 11.3 Å². The predicted molar refractivity (Wildman–Crippen MR) is 112 cm³/mol. The lowest BCUT2D eigenvalue weighted by molar-refractivity contribution is 0.102. The van der Waals surface area contributed by atoms with Gasteiger partial charge in [0.15, 0.2) is 0 Å². The van der Waals surface area contributed by atoms with Gasteiger partial charge in [-0.3, -0.25) is 9.48 Å². The lowest BCUT2D eigenvalue weighted by Gasteiger charge is -2.26. The summed E-state index contributed by atoms with van der Waals surface area (Å²) in [5.74, 6) is -0.939. The smallest absolute Gasteiger partial charge is 0.315 e. The number of amides is 3. The minimum Gasteiger partial charge on any atom is -0.351 e. The number of rotatable bonds is 3. The lowest BCUT2D eigenvalue weighted by atomic mass is 10.0. The number of fused-ring (bicyclic) bond motifs is 1. The number of primary amides is 1. The summed E-state index contributed by atoms with van der Waals surface area (Å²) in [7, 11) is 0. The van der Waals surface area contributed by atoms with Crippen LogP contribution in [0.3, 0.4) is 0 Å². The van der Waals surface area contributed by atoms with Crippen molar-refractivity contribution in [1.82, 2.24) is 14.7 Å². The fraction of sp³-hybridized carbons (Fsp3) is 0.150. The molecule has 3 N–H and O–H groups in total. The van der Waals surface area contributed by atoms with Crippen molar-refractivity contribution in [1.29, 1.82) is 0 Å². The summed E-state index contributed by atoms with van der Waals surface area (Å²) in [4.78, 5) is 26.3. The SMILES string of the molecule is NC(=O)N1CCn2nc(-c3cccc(F)c3)c(C(=O)Nc3cc(Cl)cc(Cl)c3)c2C1. The predicted octanol–water partition coefficient (Wildman–Crippen LogP) is 4.14. The zero-order valence-corrected chi connectivity index (χ0v) is 17.0. The number of urea groups is 1. The first kappa shape index (κ1) is 20.2. The number of nitrogens with zero attached hydrogens (tertiary/aromatic N) is 3. The summed E-state index contributed by atoms with van der Waals surface area (Å²) in [5, 5.41) is 7.99. The fourth-order valence-corrected chi connectivity index (χ4v) is 3.93. The number of nitrogens with two attached hydrogens (primary N) is 1. The van der Waals surface area contributed by atoms with Gasteiger partial charge < -0.3 is 16.0 Å². The molecule has 0 bridgehead atoms. The number of carbonyl (C=O) groups excluding carboxylic acids is 2. The largest absolute Gasteiger partial charge is 0.351 e. The van der Waals surface area contributed by atoms with Crippen molar-refractivity contribution < 1.29 is 14.0 Å². The van der Waals surface area contributed by atoms with Gasteiger partial charge in [-0.2, -0.15) is 5.10 Å². The van der Waals surface area contributed by atoms with Crippen molar-refractivity contribution in [2.24, 2.45) is 5.73 Å². The Morgan fingerprint density at radius 2 is 1.83 bits per heavy atom. The van der Waals surface area contributed by atoms with Gasteiger partial charge in [0.05, 0.1) is 24.3 Å². The highest BCUT2D eigenvalue weighted by molar-refractivity contribution is 6.35. The van der Waals surface area contributed by atoms with Crippen LogP contribution in [0.1, 0.15) is 16.1 Å². The molecule has 7 nitrogen and oxygen atoms in total. The highest BCUT2D eigenvalue weighted by Crippen LogP contribution is 2.30. The molecular formula is C20H16Cl2FN5O2. The average Bonchev–Trinajstić information content (AvgIpc) is 3.06. The summed E-state index contributed by atoms with van der Waals surface area (Å²) < 4.78 is 15.5. The van der Waals surface area contributed by atoms with E-state index in [-0.39, 0.29) is 12.1 Å². The van der Waals surface area contributed by atoms with Gasteiger partial charge in [-0.25, -0.2) is 9.18 Å². The van der Waals surface area contributed by atoms with E-state index in [1.165, 1.54) is 23.1 Å². The maximum atomic E-state index is 13.8. The van der Waals surface area contributed by atoms with Crippen LogP contribution in [0.2, 0.25) is 10.0 Å². The van der Waals surface area contributed by atoms with Crippen LogP contribution in [-0.2, 0) is 13.1 Å². The van der Waals surface area contributed by atoms with E-state index < -0.39 is 17.8 Å². The van der Waals surface area contributed by atoms with Crippen molar-refractivity contribution in [2.75, 3.05) is 11.9 Å². The van der Waals surface area contributed by atoms with Crippen LogP contribution in [0.4, 0.5) is 14.9 Å². The van der Waals surface area contributed by atoms with Crippen LogP contribution < -0.4 is 11.1 Å². The van der Waals surface area contributed by atoms with E-state index in [0.717, 1.165) is 0 Å². The molecule has 154 valence electrons. The molecular weight excluding hydrogens is 432 g/mol. The van der Waals surface area contributed by atoms with Gasteiger partial charge in [-0.15, -0.1) is 0 Å². The second-order valence-electron chi connectivity index (χ2n) is 6.78. The average molecular weight is 448 g/mol. The van der Waals surface area contributed by atoms with Gasteiger partial charge in [0, 0.05) is 27.8 Å². The summed E-state index contributed by atoms with van der Waals surface area (Å²) >= 11 is 12.0. The van der Waals surface area contributed by atoms with Crippen molar-refractivity contribution in [3.8, 4) is 11.3 Å². The minimum atomic E-state index is -0.595. The molecule has 0 atom stereocenters. The number of nitrogens with one attached hydrogen (secondary N) is 1. The van der Waals surface area contributed by atoms with E-state index in [4.69, 9.17) is 28.9 Å². The number of carbonyl (C=O) groups is 2. The van der Waals surface area contributed by atoms with E-state index in [1.54, 1.807) is 28.9 Å². The molecule has 2 aromatic carbocycles. The Hall–Kier alpha value is -3.10. The topological polar surface area (TPSA) is 93.2 Å². The number of benzene rings is 2. The molecule has 1 aromatic heterocycles. The summed E-state index contributed by atoms with van der Waals surface area (Å²) in [6.07, 6.45) is 0. The van der Waals surface area contributed by atoms with Crippen LogP contribution >= 0.6 is 23.2 Å². The van der Waals surface area contributed by atoms with Gasteiger partial charge in [-0.05, 0) is 30.3 Å². The highest BCUT2D eigenvalue weighted by atomic mass is 35.5. The molecule has 3 aromatic rings. The Balaban J connectivity index is 1.80. The van der Waals surface area contributed by atoms with Gasteiger partial charge in [0.2, 0.25) is 0 Å². The van der Waals surface area contributed by atoms with Crippen LogP contribution in [0.15, 0.2) is 42.5 Å². The molecule has 0 saturated carbocycles. The van der Waals surface area contributed by atoms with Crippen LogP contribution in [0.5, 0.6) is 0 Å². The quantitative estimate of drug-likeness (QED) is 0.631. The number of halogens is 3. The third kappa shape index (κ3) is 3.96. The van der Waals surface area contributed by atoms with Crippen LogP contribution in [0, 0.1) is 5.82 Å². The first-order valence-electron chi connectivity index (χ1n) is 8.99. The van der Waals surface area contributed by atoms with Crippen molar-refractivity contribution in [2.45, 2.75) is 13.1 Å². The Labute approximate surface area is 181 Å². The molecule has 2 heterocycles. The second-order valence-corrected chi connectivity index (χ2v) is 7.65. The van der Waals surface area contributed by atoms with E-state index >= 15 is 0 Å². The first-order valence-corrected chi connectivity index (χ1v) is 9.75.